The van der Waals surface area contributed by atoms with E-state index in [0.717, 1.165) is 19.3 Å². The summed E-state index contributed by atoms with van der Waals surface area (Å²) >= 11 is 0. The number of sulfonamides is 5. The molecule has 12 aromatic rings. The molecule has 30 heteroatoms. The molecule has 16 rings (SSSR count). The molecule has 4 bridgehead atoms. The van der Waals surface area contributed by atoms with Crippen molar-refractivity contribution < 1.29 is 74.7 Å². The number of nitrogens with zero attached hydrogens (tertiary/aromatic N) is 4. The Balaban J connectivity index is 0.000000153. The number of carbonyl (C=O) groups excluding carboxylic acids is 1. The van der Waals surface area contributed by atoms with E-state index in [1.807, 2.05) is 4.40 Å². The molecule has 4 aliphatic carbocycles. The van der Waals surface area contributed by atoms with Crippen molar-refractivity contribution in [2.24, 2.45) is 32.6 Å². The minimum atomic E-state index is -6.09. The number of rotatable bonds is 23. The van der Waals surface area contributed by atoms with Crippen LogP contribution in [0.25, 0.3) is 8.25 Å². The molecule has 1 amide bonds. The SMILES string of the molecule is CS(=O)(=O)N=C([O-])C(F)(F)S(=O)(=O)[N-]S(C)(=O)=O.CS(=O)(=O)[N-]S(=O)(=O)C(F)(F)CC(=O)N=C([O-])C12CC3CC(CC(C3)C1)C2.c1ccc([S+](c2ccccc2)c2ccccc2)cc1.c1ccc([S+](c2ccccc2)c2ccccc2)cc1.c1ccc([S+](c2ccccc2)c2ccccc2)cc1.c1ccc([S+](c2ccccc2)c2ccccc2)cc1. The Morgan fingerprint density at radius 3 is 0.694 bits per heavy atom. The Morgan fingerprint density at radius 2 is 0.521 bits per heavy atom. The van der Waals surface area contributed by atoms with Gasteiger partial charge in [0.15, 0.2) is 68.8 Å². The van der Waals surface area contributed by atoms with Gasteiger partial charge in [-0.1, -0.05) is 218 Å². The topological polar surface area (TPSA) is 287 Å². The monoisotopic (exact) mass is 1810 g/mol. The van der Waals surface area contributed by atoms with Gasteiger partial charge in [0.1, 0.15) is 16.4 Å². The van der Waals surface area contributed by atoms with Crippen LogP contribution in [0.2, 0.25) is 0 Å². The van der Waals surface area contributed by atoms with E-state index in [4.69, 9.17) is 0 Å². The molecule has 0 aliphatic heterocycles. The number of hydrogen-bond donors (Lipinski definition) is 0. The second-order valence-electron chi connectivity index (χ2n) is 28.0. The third-order valence-corrected chi connectivity index (χ3v) is 33.4. The van der Waals surface area contributed by atoms with Gasteiger partial charge in [0.25, 0.3) is 5.91 Å². The maximum absolute atomic E-state index is 13.9. The molecule has 4 aliphatic rings. The predicted octanol–water partition coefficient (Wildman–Crippen LogP) is 18.2. The van der Waals surface area contributed by atoms with Crippen molar-refractivity contribution in [1.82, 2.24) is 0 Å². The Morgan fingerprint density at radius 1 is 0.339 bits per heavy atom. The average Bonchev–Trinajstić information content (AvgIpc) is 0.739. The summed E-state index contributed by atoms with van der Waals surface area (Å²) in [5.74, 6) is -4.08. The lowest BCUT2D eigenvalue weighted by molar-refractivity contribution is -0.242. The Hall–Kier alpha value is -9.96. The van der Waals surface area contributed by atoms with Crippen molar-refractivity contribution in [3.05, 3.63) is 372 Å². The summed E-state index contributed by atoms with van der Waals surface area (Å²) in [5.41, 5.74) is -0.810. The van der Waals surface area contributed by atoms with Gasteiger partial charge in [-0.3, -0.25) is 4.79 Å². The van der Waals surface area contributed by atoms with Gasteiger partial charge in [0.2, 0.25) is 10.0 Å². The lowest BCUT2D eigenvalue weighted by atomic mass is 9.49. The van der Waals surface area contributed by atoms with Crippen molar-refractivity contribution in [1.29, 1.82) is 0 Å². The van der Waals surface area contributed by atoms with E-state index in [-0.39, 0.29) is 56.1 Å². The second kappa shape index (κ2) is 42.7. The maximum atomic E-state index is 13.9. The first-order chi connectivity index (χ1) is 57.6. The van der Waals surface area contributed by atoms with Crippen LogP contribution in [0.3, 0.4) is 0 Å². The fourth-order valence-corrected chi connectivity index (χ4v) is 27.1. The van der Waals surface area contributed by atoms with Gasteiger partial charge in [-0.25, -0.2) is 47.1 Å². The number of hydrogen-bond acceptors (Lipinski definition) is 13. The minimum Gasteiger partial charge on any atom is -0.861 e. The van der Waals surface area contributed by atoms with Crippen LogP contribution in [0.15, 0.2) is 432 Å². The smallest absolute Gasteiger partial charge is 0.359 e. The van der Waals surface area contributed by atoms with Crippen LogP contribution < -0.4 is 10.2 Å². The molecule has 4 fully saturated rings. The van der Waals surface area contributed by atoms with E-state index in [1.165, 1.54) is 58.7 Å². The number of aliphatic imine (C=N–C) groups is 1. The fraction of sp³-hybridized carbons (Fsp3) is 0.176. The van der Waals surface area contributed by atoms with Crippen molar-refractivity contribution in [3.63, 3.8) is 0 Å². The molecule has 12 aromatic carbocycles. The number of benzene rings is 12. The standard InChI is InChI=1S/4C18H15S.C15H21F2N2O6S2.C4H7F2N2O7S3/c4*1-4-10-16(11-5-1)19(17-12-6-2-7-13-17)18-14-8-3-9-15-18;1-26(22,23)19-27(24,25)15(16,17)8-12(20)18-13(21)14-5-9-2-10(6-14)4-11(3-9)7-14;1-16(10,11)7-3(9)4(5,6)18(14,15)8-17(2,12)13/h4*1-15H;9-11H,2-8H2,1H3,(H,18,20,21);1-2H3,(H,7,9)/q4*+1;2*-1/p-2. The van der Waals surface area contributed by atoms with Crippen LogP contribution in [0, 0.1) is 23.2 Å². The van der Waals surface area contributed by atoms with E-state index in [2.05, 4.69) is 373 Å². The fourth-order valence-electron chi connectivity index (χ4n) is 14.0. The van der Waals surface area contributed by atoms with E-state index in [9.17, 15) is 74.7 Å². The lowest BCUT2D eigenvalue weighted by Gasteiger charge is -2.58. The molecular weight excluding hydrogens is 1720 g/mol. The number of carbonyl (C=O) groups is 1. The van der Waals surface area contributed by atoms with Gasteiger partial charge in [0.05, 0.1) is 75.8 Å². The second-order valence-corrected chi connectivity index (χ2v) is 44.9. The van der Waals surface area contributed by atoms with Gasteiger partial charge < -0.3 is 18.5 Å². The average molecular weight is 1810 g/mol. The molecule has 0 N–H and O–H groups in total. The van der Waals surface area contributed by atoms with Crippen molar-refractivity contribution in [2.75, 3.05) is 18.8 Å². The normalized spacial score (nSPS) is 16.6. The van der Waals surface area contributed by atoms with Crippen LogP contribution in [-0.4, -0.2) is 89.1 Å². The summed E-state index contributed by atoms with van der Waals surface area (Å²) in [7, 11) is -25.8. The molecule has 4 saturated carbocycles. The highest BCUT2D eigenvalue weighted by Crippen LogP contribution is 2.60. The zero-order chi connectivity index (χ0) is 86.9. The van der Waals surface area contributed by atoms with E-state index in [1.54, 1.807) is 4.13 Å². The summed E-state index contributed by atoms with van der Waals surface area (Å²) in [4.78, 5) is 31.4. The number of halogens is 4. The number of amides is 1. The first-order valence-corrected chi connectivity index (χ1v) is 50.9. The van der Waals surface area contributed by atoms with Crippen LogP contribution in [0.5, 0.6) is 0 Å². The summed E-state index contributed by atoms with van der Waals surface area (Å²) < 4.78 is 168. The molecule has 0 atom stereocenters. The van der Waals surface area contributed by atoms with Crippen molar-refractivity contribution in [3.8, 4) is 0 Å². The van der Waals surface area contributed by atoms with Gasteiger partial charge in [0, 0.05) is 12.5 Å². The maximum Gasteiger partial charge on any atom is 0.359 e. The number of alkyl halides is 4. The van der Waals surface area contributed by atoms with Gasteiger partial charge in [-0.05, 0) is 213 Å². The third kappa shape index (κ3) is 27.3. The van der Waals surface area contributed by atoms with Crippen LogP contribution in [0.4, 0.5) is 17.6 Å². The molecule has 0 saturated heterocycles. The molecule has 0 heterocycles. The molecule has 17 nitrogen and oxygen atoms in total. The molecular formula is C91H86F4N4O13S9. The highest BCUT2D eigenvalue weighted by Gasteiger charge is 2.52. The minimum absolute atomic E-state index is 0.0146. The molecule has 630 valence electrons. The zero-order valence-corrected chi connectivity index (χ0v) is 73.0. The van der Waals surface area contributed by atoms with E-state index < -0.39 is 90.2 Å². The van der Waals surface area contributed by atoms with Gasteiger partial charge in [-0.2, -0.15) is 22.0 Å². The largest absolute Gasteiger partial charge is 0.861 e. The third-order valence-electron chi connectivity index (χ3n) is 18.5. The Labute approximate surface area is 717 Å². The van der Waals surface area contributed by atoms with Gasteiger partial charge in [-0.15, -0.1) is 0 Å². The highest BCUT2D eigenvalue weighted by molar-refractivity contribution is 8.13. The van der Waals surface area contributed by atoms with Crippen molar-refractivity contribution in [2.45, 2.75) is 114 Å². The van der Waals surface area contributed by atoms with Gasteiger partial charge >= 0.3 is 10.5 Å². The van der Waals surface area contributed by atoms with E-state index in [0.29, 0.717) is 43.3 Å². The van der Waals surface area contributed by atoms with E-state index >= 15 is 0 Å². The first-order valence-electron chi connectivity index (χ1n) is 37.6. The highest BCUT2D eigenvalue weighted by atomic mass is 32.3. The quantitative estimate of drug-likeness (QED) is 0.0249. The summed E-state index contributed by atoms with van der Waals surface area (Å²) in [6, 6.07) is 129. The van der Waals surface area contributed by atoms with Crippen LogP contribution in [-0.2, 0) is 98.5 Å². The lowest BCUT2D eigenvalue weighted by Crippen LogP contribution is -2.53. The molecule has 121 heavy (non-hydrogen) atoms. The summed E-state index contributed by atoms with van der Waals surface area (Å²) in [5, 5.41) is 13.1. The zero-order valence-electron chi connectivity index (χ0n) is 65.6. The molecule has 0 radical (unpaired) electrons. The Bertz CT molecular complexity index is 5080. The first kappa shape index (κ1) is 93.3. The summed E-state index contributed by atoms with van der Waals surface area (Å²) in [6.45, 7) is 0. The predicted molar refractivity (Wildman–Crippen MR) is 470 cm³/mol. The van der Waals surface area contributed by atoms with Crippen LogP contribution in [0.1, 0.15) is 44.9 Å². The van der Waals surface area contributed by atoms with Crippen LogP contribution >= 0.6 is 0 Å². The summed E-state index contributed by atoms with van der Waals surface area (Å²) in [6.07, 6.45) is 3.69. The molecule has 0 spiro atoms. The van der Waals surface area contributed by atoms with Crippen molar-refractivity contribution >= 4 is 111 Å². The molecule has 0 unspecified atom stereocenters. The Kier molecular flexibility index (Phi) is 32.9. The molecule has 0 aromatic heterocycles.